The Bertz CT molecular complexity index is 1260. The van der Waals surface area contributed by atoms with Crippen LogP contribution < -0.4 is 10.6 Å². The first-order chi connectivity index (χ1) is 17.4. The monoisotopic (exact) mass is 561 g/mol. The van der Waals surface area contributed by atoms with Crippen LogP contribution in [-0.4, -0.2) is 51.0 Å². The van der Waals surface area contributed by atoms with E-state index in [1.807, 2.05) is 77.9 Å². The smallest absolute Gasteiger partial charge is 0.410 e. The fourth-order valence-corrected chi connectivity index (χ4v) is 5.10. The van der Waals surface area contributed by atoms with Crippen molar-refractivity contribution in [1.82, 2.24) is 18.6 Å². The van der Waals surface area contributed by atoms with Crippen molar-refractivity contribution < 1.29 is 14.3 Å². The summed E-state index contributed by atoms with van der Waals surface area (Å²) in [4.78, 5) is 18.5. The Morgan fingerprint density at radius 1 is 1.24 bits per heavy atom. The van der Waals surface area contributed by atoms with Crippen LogP contribution >= 0.6 is 37.2 Å². The van der Waals surface area contributed by atoms with Crippen molar-refractivity contribution in [3.8, 4) is 5.75 Å². The summed E-state index contributed by atoms with van der Waals surface area (Å²) in [6, 6.07) is 13.4. The van der Waals surface area contributed by atoms with Gasteiger partial charge >= 0.3 is 6.09 Å². The molecule has 0 fully saturated rings. The quantitative estimate of drug-likeness (QED) is 0.200. The maximum atomic E-state index is 13.1. The van der Waals surface area contributed by atoms with E-state index in [1.54, 1.807) is 4.41 Å². The molecule has 0 saturated heterocycles. The summed E-state index contributed by atoms with van der Waals surface area (Å²) in [6.45, 7) is 6.03. The van der Waals surface area contributed by atoms with Crippen molar-refractivity contribution in [2.24, 2.45) is 11.8 Å². The van der Waals surface area contributed by atoms with Crippen LogP contribution in [0.25, 0.3) is 10.9 Å². The molecule has 37 heavy (non-hydrogen) atoms. The Morgan fingerprint density at radius 3 is 2.70 bits per heavy atom. The van der Waals surface area contributed by atoms with Crippen LogP contribution in [0.1, 0.15) is 36.7 Å². The minimum absolute atomic E-state index is 0. The van der Waals surface area contributed by atoms with Crippen LogP contribution in [0.2, 0.25) is 5.02 Å². The number of aromatic amines is 1. The largest absolute Gasteiger partial charge is 0.492 e. The first-order valence-electron chi connectivity index (χ1n) is 12.0. The van der Waals surface area contributed by atoms with Gasteiger partial charge in [0.05, 0.1) is 25.3 Å². The lowest BCUT2D eigenvalue weighted by molar-refractivity contribution is 0.0797. The molecule has 3 N–H and O–H groups in total. The summed E-state index contributed by atoms with van der Waals surface area (Å²) >= 11 is 7.72. The number of aromatic nitrogens is 1. The molecule has 11 heteroatoms. The molecule has 2 aliphatic rings. The van der Waals surface area contributed by atoms with Gasteiger partial charge in [-0.05, 0) is 53.8 Å². The van der Waals surface area contributed by atoms with E-state index in [1.165, 1.54) is 17.7 Å². The maximum absolute atomic E-state index is 13.1. The van der Waals surface area contributed by atoms with Gasteiger partial charge < -0.3 is 14.5 Å². The number of halogens is 1. The number of hydrazine groups is 1. The van der Waals surface area contributed by atoms with Crippen molar-refractivity contribution in [3.05, 3.63) is 76.7 Å². The first kappa shape index (κ1) is 27.5. The zero-order chi connectivity index (χ0) is 25.2. The van der Waals surface area contributed by atoms with E-state index in [-0.39, 0.29) is 31.5 Å². The topological polar surface area (TPSA) is 86.8 Å². The second-order valence-electron chi connectivity index (χ2n) is 9.32. The minimum Gasteiger partial charge on any atom is -0.492 e. The third kappa shape index (κ3) is 6.50. The molecule has 0 aliphatic carbocycles. The Hall–Kier alpha value is -2.50. The summed E-state index contributed by atoms with van der Waals surface area (Å²) in [7, 11) is 0. The van der Waals surface area contributed by atoms with Gasteiger partial charge in [-0.15, -0.1) is 0 Å². The minimum atomic E-state index is -0.308. The van der Waals surface area contributed by atoms with Gasteiger partial charge in [0, 0.05) is 40.6 Å². The fourth-order valence-electron chi connectivity index (χ4n) is 4.37. The van der Waals surface area contributed by atoms with Crippen molar-refractivity contribution in [1.29, 1.82) is 0 Å². The lowest BCUT2D eigenvalue weighted by atomic mass is 9.92. The molecule has 8 nitrogen and oxygen atoms in total. The highest BCUT2D eigenvalue weighted by atomic mass is 35.5. The van der Waals surface area contributed by atoms with Crippen LogP contribution in [0.5, 0.6) is 5.75 Å². The molecule has 3 aromatic rings. The van der Waals surface area contributed by atoms with Gasteiger partial charge in [0.25, 0.3) is 0 Å². The Labute approximate surface area is 233 Å². The normalized spacial score (nSPS) is 16.2. The number of nitrogens with one attached hydrogen (secondary N) is 1. The van der Waals surface area contributed by atoms with Crippen LogP contribution in [-0.2, 0) is 11.2 Å². The summed E-state index contributed by atoms with van der Waals surface area (Å²) < 4.78 is 15.1. The maximum Gasteiger partial charge on any atom is 0.410 e. The molecule has 2 aliphatic heterocycles. The molecule has 1 atom stereocenters. The van der Waals surface area contributed by atoms with Crippen molar-refractivity contribution in [3.63, 3.8) is 0 Å². The summed E-state index contributed by atoms with van der Waals surface area (Å²) in [5.41, 5.74) is 4.17. The summed E-state index contributed by atoms with van der Waals surface area (Å²) in [6.07, 6.45) is 4.29. The van der Waals surface area contributed by atoms with E-state index in [4.69, 9.17) is 26.9 Å². The Balaban J connectivity index is 0.00000320. The summed E-state index contributed by atoms with van der Waals surface area (Å²) in [5.74, 6) is 6.96. The number of amides is 1. The molecule has 0 saturated carbocycles. The summed E-state index contributed by atoms with van der Waals surface area (Å²) in [5, 5.41) is 1.79. The Kier molecular flexibility index (Phi) is 8.86. The lowest BCUT2D eigenvalue weighted by Crippen LogP contribution is -2.41. The first-order valence-corrected chi connectivity index (χ1v) is 13.1. The molecule has 2 aromatic carbocycles. The number of hydrogen-bond acceptors (Lipinski definition) is 7. The van der Waals surface area contributed by atoms with E-state index in [9.17, 15) is 4.79 Å². The molecule has 0 bridgehead atoms. The number of carbonyl (C=O) groups is 1. The van der Waals surface area contributed by atoms with E-state index >= 15 is 0 Å². The molecule has 1 aromatic heterocycles. The zero-order valence-corrected chi connectivity index (χ0v) is 23.4. The number of ether oxygens (including phenoxy) is 2. The van der Waals surface area contributed by atoms with E-state index < -0.39 is 0 Å². The molecular weight excluding hydrogens is 530 g/mol. The number of fused-ring (bicyclic) bond motifs is 3. The van der Waals surface area contributed by atoms with Gasteiger partial charge in [0.15, 0.2) is 0 Å². The molecular formula is C26H32ClN5O3S2. The average Bonchev–Trinajstić information content (AvgIpc) is 3.60. The fraction of sp³-hybridized carbons (Fsp3) is 0.346. The number of benzene rings is 2. The number of nitrogens with zero attached hydrogens (tertiary/aromatic N) is 3. The van der Waals surface area contributed by atoms with Crippen LogP contribution in [0.3, 0.4) is 0 Å². The van der Waals surface area contributed by atoms with Gasteiger partial charge in [-0.1, -0.05) is 37.6 Å². The van der Waals surface area contributed by atoms with E-state index in [2.05, 4.69) is 4.98 Å². The lowest BCUT2D eigenvalue weighted by Gasteiger charge is -2.35. The molecule has 198 valence electrons. The highest BCUT2D eigenvalue weighted by Gasteiger charge is 2.35. The zero-order valence-electron chi connectivity index (χ0n) is 20.8. The average molecular weight is 562 g/mol. The SMILES string of the molecule is CC(C)COC(=O)N1CCc2c([nH]c3ccc(Cl)cc23)C1c1ccc(OCCN(N)SN2C=C2)cc1.S. The van der Waals surface area contributed by atoms with Crippen molar-refractivity contribution >= 4 is 54.2 Å². The van der Waals surface area contributed by atoms with Gasteiger partial charge in [0.2, 0.25) is 0 Å². The third-order valence-electron chi connectivity index (χ3n) is 6.11. The number of rotatable bonds is 9. The van der Waals surface area contributed by atoms with Crippen molar-refractivity contribution in [2.75, 3.05) is 26.3 Å². The van der Waals surface area contributed by atoms with Crippen molar-refractivity contribution in [2.45, 2.75) is 26.3 Å². The van der Waals surface area contributed by atoms with Gasteiger partial charge in [0.1, 0.15) is 18.4 Å². The van der Waals surface area contributed by atoms with Gasteiger partial charge in [-0.2, -0.15) is 17.9 Å². The number of H-pyrrole nitrogens is 1. The molecule has 0 radical (unpaired) electrons. The molecule has 5 rings (SSSR count). The highest BCUT2D eigenvalue weighted by Crippen LogP contribution is 2.39. The van der Waals surface area contributed by atoms with Crippen LogP contribution in [0.15, 0.2) is 54.9 Å². The van der Waals surface area contributed by atoms with Crippen LogP contribution in [0.4, 0.5) is 4.79 Å². The molecule has 3 heterocycles. The predicted octanol–water partition coefficient (Wildman–Crippen LogP) is 5.58. The Morgan fingerprint density at radius 2 is 2.00 bits per heavy atom. The second kappa shape index (κ2) is 11.9. The third-order valence-corrected chi connectivity index (χ3v) is 7.17. The predicted molar refractivity (Wildman–Crippen MR) is 154 cm³/mol. The number of nitrogens with two attached hydrogens (primary N) is 1. The number of hydrogen-bond donors (Lipinski definition) is 2. The second-order valence-corrected chi connectivity index (χ2v) is 10.8. The molecule has 1 unspecified atom stereocenters. The molecule has 0 spiro atoms. The molecule has 1 amide bonds. The standard InChI is InChI=1S/C26H30ClN5O3S.H2S/c1-17(2)16-35-26(33)31-10-9-21-22-15-19(27)5-8-23(22)29-24(21)25(31)18-3-6-20(7-4-18)34-14-13-32(28)36-30-11-12-30;/h3-8,11-12,15,17,25,29H,9-10,13-14,16,28H2,1-2H3;1H2. The van der Waals surface area contributed by atoms with Crippen LogP contribution in [0, 0.1) is 5.92 Å². The van der Waals surface area contributed by atoms with Gasteiger partial charge in [-0.3, -0.25) is 15.0 Å². The highest BCUT2D eigenvalue weighted by molar-refractivity contribution is 7.95. The number of carbonyl (C=O) groups excluding carboxylic acids is 1. The van der Waals surface area contributed by atoms with Gasteiger partial charge in [-0.25, -0.2) is 4.79 Å². The van der Waals surface area contributed by atoms with E-state index in [0.29, 0.717) is 31.3 Å². The van der Waals surface area contributed by atoms with E-state index in [0.717, 1.165) is 34.3 Å².